The van der Waals surface area contributed by atoms with Gasteiger partial charge < -0.3 is 9.80 Å². The molecule has 0 amide bonds. The Labute approximate surface area is 123 Å². The summed E-state index contributed by atoms with van der Waals surface area (Å²) >= 11 is 0. The number of hydrogen-bond acceptors (Lipinski definition) is 4. The number of rotatable bonds is 6. The van der Waals surface area contributed by atoms with E-state index in [0.717, 1.165) is 31.8 Å². The summed E-state index contributed by atoms with van der Waals surface area (Å²) in [7, 11) is 4.31. The third-order valence-corrected chi connectivity index (χ3v) is 4.21. The van der Waals surface area contributed by atoms with E-state index < -0.39 is 0 Å². The van der Waals surface area contributed by atoms with Gasteiger partial charge in [-0.15, -0.1) is 0 Å². The lowest BCUT2D eigenvalue weighted by molar-refractivity contribution is 0.221. The Morgan fingerprint density at radius 2 is 1.95 bits per heavy atom. The van der Waals surface area contributed by atoms with Gasteiger partial charge in [0.05, 0.1) is 0 Å². The molecule has 1 aromatic rings. The highest BCUT2D eigenvalue weighted by Crippen LogP contribution is 2.23. The number of anilines is 1. The zero-order chi connectivity index (χ0) is 14.5. The molecule has 0 radical (unpaired) electrons. The summed E-state index contributed by atoms with van der Waals surface area (Å²) in [6.45, 7) is 6.62. The molecule has 1 unspecified atom stereocenters. The van der Waals surface area contributed by atoms with Gasteiger partial charge in [0, 0.05) is 31.5 Å². The Kier molecular flexibility index (Phi) is 5.35. The van der Waals surface area contributed by atoms with Gasteiger partial charge in [-0.1, -0.05) is 13.8 Å². The molecule has 1 heterocycles. The second-order valence-electron chi connectivity index (χ2n) is 5.94. The predicted octanol–water partition coefficient (Wildman–Crippen LogP) is 2.52. The maximum atomic E-state index is 4.77. The number of fused-ring (bicyclic) bond motifs is 1. The molecule has 20 heavy (non-hydrogen) atoms. The van der Waals surface area contributed by atoms with Crippen molar-refractivity contribution < 1.29 is 0 Å². The second-order valence-corrected chi connectivity index (χ2v) is 5.94. The van der Waals surface area contributed by atoms with Crippen LogP contribution in [0.4, 0.5) is 5.95 Å². The van der Waals surface area contributed by atoms with E-state index in [-0.39, 0.29) is 0 Å². The van der Waals surface area contributed by atoms with Crippen molar-refractivity contribution in [3.8, 4) is 0 Å². The monoisotopic (exact) mass is 276 g/mol. The number of likely N-dealkylation sites (N-methyl/N-ethyl adjacent to an activating group) is 1. The fourth-order valence-corrected chi connectivity index (χ4v) is 3.01. The first-order valence-electron chi connectivity index (χ1n) is 7.91. The van der Waals surface area contributed by atoms with Crippen molar-refractivity contribution in [1.29, 1.82) is 0 Å². The van der Waals surface area contributed by atoms with Crippen molar-refractivity contribution >= 4 is 5.95 Å². The van der Waals surface area contributed by atoms with Crippen LogP contribution in [0.25, 0.3) is 0 Å². The standard InChI is InChI=1S/C16H28N4/c1-5-9-19(3)14-7-8-15-13(11-14)12-17-16(18-15)20(4)10-6-2/h12,14H,5-11H2,1-4H3. The summed E-state index contributed by atoms with van der Waals surface area (Å²) < 4.78 is 0. The van der Waals surface area contributed by atoms with Crippen molar-refractivity contribution in [2.45, 2.75) is 52.0 Å². The number of aryl methyl sites for hydroxylation is 1. The number of aromatic nitrogens is 2. The van der Waals surface area contributed by atoms with Crippen molar-refractivity contribution in [2.24, 2.45) is 0 Å². The average Bonchev–Trinajstić information content (AvgIpc) is 2.46. The molecule has 4 heteroatoms. The van der Waals surface area contributed by atoms with Crippen LogP contribution in [0.15, 0.2) is 6.20 Å². The summed E-state index contributed by atoms with van der Waals surface area (Å²) in [6, 6.07) is 0.658. The van der Waals surface area contributed by atoms with Gasteiger partial charge in [0.2, 0.25) is 5.95 Å². The first kappa shape index (κ1) is 15.2. The summed E-state index contributed by atoms with van der Waals surface area (Å²) in [6.07, 6.45) is 7.80. The van der Waals surface area contributed by atoms with Crippen molar-refractivity contribution in [3.63, 3.8) is 0 Å². The van der Waals surface area contributed by atoms with E-state index in [1.54, 1.807) is 0 Å². The Bertz CT molecular complexity index is 432. The van der Waals surface area contributed by atoms with Gasteiger partial charge in [-0.3, -0.25) is 0 Å². The zero-order valence-electron chi connectivity index (χ0n) is 13.4. The lowest BCUT2D eigenvalue weighted by Gasteiger charge is -2.32. The fourth-order valence-electron chi connectivity index (χ4n) is 3.01. The third kappa shape index (κ3) is 3.48. The molecule has 0 aliphatic heterocycles. The minimum Gasteiger partial charge on any atom is -0.344 e. The molecule has 0 saturated heterocycles. The van der Waals surface area contributed by atoms with E-state index >= 15 is 0 Å². The van der Waals surface area contributed by atoms with Crippen molar-refractivity contribution in [3.05, 3.63) is 17.5 Å². The topological polar surface area (TPSA) is 32.3 Å². The van der Waals surface area contributed by atoms with Crippen LogP contribution in [-0.2, 0) is 12.8 Å². The minimum absolute atomic E-state index is 0.658. The largest absolute Gasteiger partial charge is 0.344 e. The van der Waals surface area contributed by atoms with Gasteiger partial charge in [-0.2, -0.15) is 0 Å². The molecule has 1 atom stereocenters. The Morgan fingerprint density at radius 3 is 2.65 bits per heavy atom. The Hall–Kier alpha value is -1.16. The van der Waals surface area contributed by atoms with E-state index in [1.807, 2.05) is 0 Å². The predicted molar refractivity (Wildman–Crippen MR) is 84.3 cm³/mol. The van der Waals surface area contributed by atoms with Crippen LogP contribution in [0.2, 0.25) is 0 Å². The molecule has 112 valence electrons. The molecule has 1 aliphatic carbocycles. The average molecular weight is 276 g/mol. The summed E-state index contributed by atoms with van der Waals surface area (Å²) in [5, 5.41) is 0. The summed E-state index contributed by atoms with van der Waals surface area (Å²) in [4.78, 5) is 13.9. The number of hydrogen-bond donors (Lipinski definition) is 0. The first-order valence-corrected chi connectivity index (χ1v) is 7.91. The molecule has 0 saturated carbocycles. The Morgan fingerprint density at radius 1 is 1.20 bits per heavy atom. The van der Waals surface area contributed by atoms with Gasteiger partial charge in [0.1, 0.15) is 0 Å². The lowest BCUT2D eigenvalue weighted by Crippen LogP contribution is -2.37. The van der Waals surface area contributed by atoms with Crippen LogP contribution < -0.4 is 4.90 Å². The van der Waals surface area contributed by atoms with E-state index in [4.69, 9.17) is 4.98 Å². The molecule has 2 rings (SSSR count). The maximum Gasteiger partial charge on any atom is 0.225 e. The van der Waals surface area contributed by atoms with Crippen LogP contribution in [0.1, 0.15) is 44.4 Å². The smallest absolute Gasteiger partial charge is 0.225 e. The molecule has 0 N–H and O–H groups in total. The maximum absolute atomic E-state index is 4.77. The highest BCUT2D eigenvalue weighted by molar-refractivity contribution is 5.33. The second kappa shape index (κ2) is 7.02. The van der Waals surface area contributed by atoms with Crippen LogP contribution in [0, 0.1) is 0 Å². The molecule has 0 bridgehead atoms. The molecule has 0 spiro atoms. The normalized spacial score (nSPS) is 18.1. The molecule has 4 nitrogen and oxygen atoms in total. The highest BCUT2D eigenvalue weighted by atomic mass is 15.2. The van der Waals surface area contributed by atoms with Gasteiger partial charge in [-0.25, -0.2) is 9.97 Å². The Balaban J connectivity index is 2.07. The summed E-state index contributed by atoms with van der Waals surface area (Å²) in [5.41, 5.74) is 2.61. The lowest BCUT2D eigenvalue weighted by atomic mass is 9.92. The molecule has 0 aromatic carbocycles. The van der Waals surface area contributed by atoms with E-state index in [1.165, 1.54) is 30.6 Å². The highest BCUT2D eigenvalue weighted by Gasteiger charge is 2.23. The first-order chi connectivity index (χ1) is 9.65. The van der Waals surface area contributed by atoms with Crippen LogP contribution in [0.3, 0.4) is 0 Å². The SMILES string of the molecule is CCCN(C)c1ncc2c(n1)CCC(N(C)CCC)C2. The van der Waals surface area contributed by atoms with Gasteiger partial charge >= 0.3 is 0 Å². The summed E-state index contributed by atoms with van der Waals surface area (Å²) in [5.74, 6) is 0.881. The molecule has 1 aliphatic rings. The van der Waals surface area contributed by atoms with E-state index in [0.29, 0.717) is 6.04 Å². The van der Waals surface area contributed by atoms with Crippen molar-refractivity contribution in [1.82, 2.24) is 14.9 Å². The molecule has 1 aromatic heterocycles. The van der Waals surface area contributed by atoms with Gasteiger partial charge in [0.15, 0.2) is 0 Å². The third-order valence-electron chi connectivity index (χ3n) is 4.21. The quantitative estimate of drug-likeness (QED) is 0.799. The minimum atomic E-state index is 0.658. The van der Waals surface area contributed by atoms with Crippen molar-refractivity contribution in [2.75, 3.05) is 32.1 Å². The fraction of sp³-hybridized carbons (Fsp3) is 0.750. The van der Waals surface area contributed by atoms with Crippen LogP contribution >= 0.6 is 0 Å². The van der Waals surface area contributed by atoms with Gasteiger partial charge in [0.25, 0.3) is 0 Å². The zero-order valence-corrected chi connectivity index (χ0v) is 13.4. The molecular formula is C16H28N4. The van der Waals surface area contributed by atoms with Crippen LogP contribution in [0.5, 0.6) is 0 Å². The molecular weight excluding hydrogens is 248 g/mol. The van der Waals surface area contributed by atoms with E-state index in [2.05, 4.69) is 48.9 Å². The van der Waals surface area contributed by atoms with Crippen LogP contribution in [-0.4, -0.2) is 48.1 Å². The van der Waals surface area contributed by atoms with E-state index in [9.17, 15) is 0 Å². The number of nitrogens with zero attached hydrogens (tertiary/aromatic N) is 4. The van der Waals surface area contributed by atoms with Gasteiger partial charge in [-0.05, 0) is 51.3 Å². The molecule has 0 fully saturated rings.